The maximum Gasteiger partial charge on any atom is 0.180 e. The number of thiazole rings is 2. The number of aryl methyl sites for hydroxylation is 1. The van der Waals surface area contributed by atoms with Crippen LogP contribution in [0, 0.1) is 6.92 Å². The van der Waals surface area contributed by atoms with Crippen LogP contribution < -0.4 is 10.5 Å². The van der Waals surface area contributed by atoms with Crippen molar-refractivity contribution in [2.45, 2.75) is 13.5 Å². The molecule has 2 N–H and O–H groups in total. The van der Waals surface area contributed by atoms with Crippen LogP contribution in [0.1, 0.15) is 10.6 Å². The summed E-state index contributed by atoms with van der Waals surface area (Å²) in [7, 11) is 0. The fraction of sp³-hybridized carbons (Fsp3) is 0.143. The van der Waals surface area contributed by atoms with Crippen molar-refractivity contribution in [3.05, 3.63) is 46.4 Å². The molecule has 4 nitrogen and oxygen atoms in total. The van der Waals surface area contributed by atoms with E-state index in [2.05, 4.69) is 16.9 Å². The first kappa shape index (κ1) is 13.1. The minimum absolute atomic E-state index is 0.466. The topological polar surface area (TPSA) is 61.0 Å². The van der Waals surface area contributed by atoms with Gasteiger partial charge in [-0.05, 0) is 19.1 Å². The van der Waals surface area contributed by atoms with Crippen molar-refractivity contribution in [3.8, 4) is 16.3 Å². The lowest BCUT2D eigenvalue weighted by Crippen LogP contribution is -1.93. The highest BCUT2D eigenvalue weighted by molar-refractivity contribution is 7.16. The van der Waals surface area contributed by atoms with E-state index in [1.165, 1.54) is 16.9 Å². The van der Waals surface area contributed by atoms with Crippen LogP contribution in [0.5, 0.6) is 5.75 Å². The molecule has 0 radical (unpaired) electrons. The van der Waals surface area contributed by atoms with E-state index in [1.807, 2.05) is 35.8 Å². The molecule has 0 amide bonds. The third-order valence-corrected chi connectivity index (χ3v) is 4.38. The molecule has 0 saturated carbocycles. The van der Waals surface area contributed by atoms with Crippen LogP contribution in [-0.4, -0.2) is 9.97 Å². The summed E-state index contributed by atoms with van der Waals surface area (Å²) in [6, 6.07) is 7.98. The van der Waals surface area contributed by atoms with Crippen molar-refractivity contribution in [2.24, 2.45) is 0 Å². The molecule has 0 saturated heterocycles. The average Bonchev–Trinajstić information content (AvgIpc) is 3.07. The van der Waals surface area contributed by atoms with Crippen LogP contribution >= 0.6 is 22.7 Å². The Labute approximate surface area is 124 Å². The van der Waals surface area contributed by atoms with Gasteiger partial charge in [0.1, 0.15) is 17.4 Å². The Morgan fingerprint density at radius 3 is 2.75 bits per heavy atom. The standard InChI is InChI=1S/C14H13N3OS2/c1-9-2-4-10(5-3-9)18-7-13-16-6-12(20-13)11-8-19-14(15)17-11/h2-6,8H,7H2,1H3,(H2,15,17). The van der Waals surface area contributed by atoms with Gasteiger partial charge in [0.2, 0.25) is 0 Å². The van der Waals surface area contributed by atoms with Gasteiger partial charge in [-0.3, -0.25) is 0 Å². The summed E-state index contributed by atoms with van der Waals surface area (Å²) in [4.78, 5) is 9.61. The second-order valence-electron chi connectivity index (χ2n) is 4.29. The second kappa shape index (κ2) is 5.60. The number of ether oxygens (including phenoxy) is 1. The number of hydrogen-bond donors (Lipinski definition) is 1. The van der Waals surface area contributed by atoms with Gasteiger partial charge in [0, 0.05) is 11.6 Å². The normalized spacial score (nSPS) is 10.7. The summed E-state index contributed by atoms with van der Waals surface area (Å²) < 4.78 is 5.71. The summed E-state index contributed by atoms with van der Waals surface area (Å²) in [5.41, 5.74) is 7.74. The first-order chi connectivity index (χ1) is 9.70. The first-order valence-electron chi connectivity index (χ1n) is 6.06. The van der Waals surface area contributed by atoms with Crippen molar-refractivity contribution in [1.29, 1.82) is 0 Å². The highest BCUT2D eigenvalue weighted by atomic mass is 32.1. The van der Waals surface area contributed by atoms with Gasteiger partial charge < -0.3 is 10.5 Å². The summed E-state index contributed by atoms with van der Waals surface area (Å²) in [6.07, 6.45) is 1.81. The minimum atomic E-state index is 0.466. The lowest BCUT2D eigenvalue weighted by Gasteiger charge is -2.03. The van der Waals surface area contributed by atoms with Crippen molar-refractivity contribution in [3.63, 3.8) is 0 Å². The van der Waals surface area contributed by atoms with Crippen molar-refractivity contribution >= 4 is 27.8 Å². The van der Waals surface area contributed by atoms with Gasteiger partial charge in [-0.1, -0.05) is 17.7 Å². The van der Waals surface area contributed by atoms with Crippen LogP contribution in [-0.2, 0) is 6.61 Å². The highest BCUT2D eigenvalue weighted by Crippen LogP contribution is 2.28. The fourth-order valence-electron chi connectivity index (χ4n) is 1.68. The minimum Gasteiger partial charge on any atom is -0.486 e. The fourth-order valence-corrected chi connectivity index (χ4v) is 3.11. The van der Waals surface area contributed by atoms with E-state index < -0.39 is 0 Å². The number of anilines is 1. The van der Waals surface area contributed by atoms with Gasteiger partial charge in [0.05, 0.1) is 10.6 Å². The monoisotopic (exact) mass is 303 g/mol. The van der Waals surface area contributed by atoms with E-state index in [9.17, 15) is 0 Å². The smallest absolute Gasteiger partial charge is 0.180 e. The Balaban J connectivity index is 1.67. The Hall–Kier alpha value is -1.92. The Bertz CT molecular complexity index is 703. The molecule has 20 heavy (non-hydrogen) atoms. The lowest BCUT2D eigenvalue weighted by molar-refractivity contribution is 0.305. The van der Waals surface area contributed by atoms with Crippen LogP contribution in [0.2, 0.25) is 0 Å². The number of aromatic nitrogens is 2. The van der Waals surface area contributed by atoms with Crippen molar-refractivity contribution in [2.75, 3.05) is 5.73 Å². The number of hydrogen-bond acceptors (Lipinski definition) is 6. The van der Waals surface area contributed by atoms with Gasteiger partial charge >= 0.3 is 0 Å². The number of nitrogens with zero attached hydrogens (tertiary/aromatic N) is 2. The van der Waals surface area contributed by atoms with Gasteiger partial charge in [-0.2, -0.15) is 0 Å². The van der Waals surface area contributed by atoms with E-state index in [0.717, 1.165) is 21.3 Å². The molecule has 2 aromatic heterocycles. The van der Waals surface area contributed by atoms with Gasteiger partial charge in [-0.15, -0.1) is 22.7 Å². The Morgan fingerprint density at radius 1 is 1.25 bits per heavy atom. The zero-order chi connectivity index (χ0) is 13.9. The predicted molar refractivity (Wildman–Crippen MR) is 83.1 cm³/mol. The lowest BCUT2D eigenvalue weighted by atomic mass is 10.2. The third-order valence-electron chi connectivity index (χ3n) is 2.71. The molecule has 0 spiro atoms. The maximum absolute atomic E-state index is 5.71. The third kappa shape index (κ3) is 2.97. The molecule has 0 unspecified atom stereocenters. The maximum atomic E-state index is 5.71. The molecule has 0 aliphatic rings. The molecule has 6 heteroatoms. The molecule has 3 aromatic rings. The molecule has 2 heterocycles. The summed E-state index contributed by atoms with van der Waals surface area (Å²) in [5, 5.41) is 3.44. The largest absolute Gasteiger partial charge is 0.486 e. The number of nitrogens with two attached hydrogens (primary N) is 1. The van der Waals surface area contributed by atoms with E-state index >= 15 is 0 Å². The zero-order valence-corrected chi connectivity index (χ0v) is 12.5. The number of nitrogen functional groups attached to an aromatic ring is 1. The number of rotatable bonds is 4. The van der Waals surface area contributed by atoms with Gasteiger partial charge in [0.25, 0.3) is 0 Å². The van der Waals surface area contributed by atoms with Crippen LogP contribution in [0.4, 0.5) is 5.13 Å². The molecule has 0 fully saturated rings. The second-order valence-corrected chi connectivity index (χ2v) is 6.30. The average molecular weight is 303 g/mol. The molecule has 0 aliphatic carbocycles. The Morgan fingerprint density at radius 2 is 2.05 bits per heavy atom. The van der Waals surface area contributed by atoms with Crippen LogP contribution in [0.15, 0.2) is 35.8 Å². The molecular formula is C14H13N3OS2. The Kier molecular flexibility index (Phi) is 3.66. The van der Waals surface area contributed by atoms with E-state index in [4.69, 9.17) is 10.5 Å². The van der Waals surface area contributed by atoms with Crippen LogP contribution in [0.3, 0.4) is 0 Å². The zero-order valence-electron chi connectivity index (χ0n) is 10.9. The first-order valence-corrected chi connectivity index (χ1v) is 7.76. The molecule has 1 aromatic carbocycles. The molecular weight excluding hydrogens is 290 g/mol. The predicted octanol–water partition coefficient (Wildman–Crippen LogP) is 3.74. The van der Waals surface area contributed by atoms with Gasteiger partial charge in [0.15, 0.2) is 5.13 Å². The molecule has 0 atom stereocenters. The van der Waals surface area contributed by atoms with E-state index in [-0.39, 0.29) is 0 Å². The van der Waals surface area contributed by atoms with Crippen molar-refractivity contribution < 1.29 is 4.74 Å². The molecule has 102 valence electrons. The van der Waals surface area contributed by atoms with Crippen LogP contribution in [0.25, 0.3) is 10.6 Å². The van der Waals surface area contributed by atoms with E-state index in [0.29, 0.717) is 11.7 Å². The summed E-state index contributed by atoms with van der Waals surface area (Å²) >= 11 is 3.01. The molecule has 3 rings (SSSR count). The number of benzene rings is 1. The molecule has 0 aliphatic heterocycles. The van der Waals surface area contributed by atoms with E-state index in [1.54, 1.807) is 11.3 Å². The summed E-state index contributed by atoms with van der Waals surface area (Å²) in [5.74, 6) is 0.852. The van der Waals surface area contributed by atoms with Crippen molar-refractivity contribution in [1.82, 2.24) is 9.97 Å². The molecule has 0 bridgehead atoms. The van der Waals surface area contributed by atoms with Gasteiger partial charge in [-0.25, -0.2) is 9.97 Å². The quantitative estimate of drug-likeness (QED) is 0.797. The SMILES string of the molecule is Cc1ccc(OCc2ncc(-c3csc(N)n3)s2)cc1. The highest BCUT2D eigenvalue weighted by Gasteiger charge is 2.08. The summed E-state index contributed by atoms with van der Waals surface area (Å²) in [6.45, 7) is 2.52.